The Morgan fingerprint density at radius 2 is 1.83 bits per heavy atom. The molecule has 6 heteroatoms. The number of ketones is 1. The fourth-order valence-electron chi connectivity index (χ4n) is 3.44. The lowest BCUT2D eigenvalue weighted by atomic mass is 9.95. The van der Waals surface area contributed by atoms with Crippen molar-refractivity contribution >= 4 is 29.3 Å². The number of methoxy groups -OCH3 is 2. The molecule has 0 saturated heterocycles. The molecule has 1 atom stereocenters. The van der Waals surface area contributed by atoms with E-state index in [1.54, 1.807) is 20.4 Å². The number of hydrogen-bond donors (Lipinski definition) is 1. The number of hydrogen-bond acceptors (Lipinski definition) is 5. The third-order valence-electron chi connectivity index (χ3n) is 5.13. The van der Waals surface area contributed by atoms with Crippen LogP contribution < -0.4 is 14.8 Å². The average molecular weight is 415 g/mol. The number of nitrogens with zero attached hydrogens (tertiary/aromatic N) is 1. The molecule has 0 radical (unpaired) electrons. The average Bonchev–Trinajstić information content (AvgIpc) is 2.88. The highest BCUT2D eigenvalue weighted by molar-refractivity contribution is 6.30. The molecule has 0 spiro atoms. The predicted molar refractivity (Wildman–Crippen MR) is 117 cm³/mol. The van der Waals surface area contributed by atoms with Gasteiger partial charge in [0.15, 0.2) is 11.5 Å². The van der Waals surface area contributed by atoms with Crippen molar-refractivity contribution in [2.45, 2.75) is 25.7 Å². The van der Waals surface area contributed by atoms with Crippen LogP contribution in [0.5, 0.6) is 11.5 Å². The van der Waals surface area contributed by atoms with Crippen LogP contribution in [0.25, 0.3) is 0 Å². The summed E-state index contributed by atoms with van der Waals surface area (Å²) >= 11 is 5.91. The van der Waals surface area contributed by atoms with Gasteiger partial charge < -0.3 is 14.8 Å². The van der Waals surface area contributed by atoms with Gasteiger partial charge in [0, 0.05) is 23.7 Å². The smallest absolute Gasteiger partial charge is 0.162 e. The molecule has 0 fully saturated rings. The van der Waals surface area contributed by atoms with E-state index in [4.69, 9.17) is 21.1 Å². The largest absolute Gasteiger partial charge is 0.493 e. The van der Waals surface area contributed by atoms with Gasteiger partial charge in [0.05, 0.1) is 25.8 Å². The maximum absolute atomic E-state index is 12.7. The summed E-state index contributed by atoms with van der Waals surface area (Å²) in [6.45, 7) is 1.78. The number of Topliss-reactive ketones (excluding diaryl/α,β-unsaturated/α-hetero) is 1. The molecule has 0 aromatic heterocycles. The van der Waals surface area contributed by atoms with E-state index in [1.807, 2.05) is 36.4 Å². The van der Waals surface area contributed by atoms with Crippen LogP contribution in [0.1, 0.15) is 24.0 Å². The lowest BCUT2D eigenvalue weighted by molar-refractivity contribution is -0.120. The van der Waals surface area contributed by atoms with Crippen molar-refractivity contribution in [3.05, 3.63) is 52.5 Å². The van der Waals surface area contributed by atoms with E-state index in [0.29, 0.717) is 17.9 Å². The van der Waals surface area contributed by atoms with Gasteiger partial charge in [0.1, 0.15) is 5.78 Å². The van der Waals surface area contributed by atoms with E-state index < -0.39 is 0 Å². The fourth-order valence-corrected chi connectivity index (χ4v) is 3.56. The summed E-state index contributed by atoms with van der Waals surface area (Å²) in [6.07, 6.45) is 4.82. The summed E-state index contributed by atoms with van der Waals surface area (Å²) in [6, 6.07) is 11.6. The number of carbonyl (C=O) groups excluding carboxylic acids is 1. The quantitative estimate of drug-likeness (QED) is 0.617. The normalized spacial score (nSPS) is 15.7. The van der Waals surface area contributed by atoms with Gasteiger partial charge in [-0.25, -0.2) is 0 Å². The lowest BCUT2D eigenvalue weighted by Crippen LogP contribution is -2.22. The third-order valence-corrected chi connectivity index (χ3v) is 5.38. The molecule has 29 heavy (non-hydrogen) atoms. The van der Waals surface area contributed by atoms with E-state index >= 15 is 0 Å². The Hall–Kier alpha value is -2.37. The number of benzene rings is 2. The molecule has 0 aliphatic carbocycles. The molecule has 3 rings (SSSR count). The van der Waals surface area contributed by atoms with Crippen LogP contribution in [0.2, 0.25) is 5.02 Å². The summed E-state index contributed by atoms with van der Waals surface area (Å²) in [5.74, 6) is 1.29. The highest BCUT2D eigenvalue weighted by Crippen LogP contribution is 2.36. The molecule has 1 N–H and O–H groups in total. The number of aliphatic imine (C=N–C) groups is 1. The zero-order valence-electron chi connectivity index (χ0n) is 16.9. The summed E-state index contributed by atoms with van der Waals surface area (Å²) in [7, 11) is 3.19. The van der Waals surface area contributed by atoms with Crippen molar-refractivity contribution in [1.29, 1.82) is 0 Å². The second kappa shape index (κ2) is 10.4. The molecule has 2 aromatic rings. The van der Waals surface area contributed by atoms with E-state index in [1.165, 1.54) is 5.56 Å². The number of halogens is 1. The van der Waals surface area contributed by atoms with Gasteiger partial charge in [-0.3, -0.25) is 9.79 Å². The van der Waals surface area contributed by atoms with Crippen molar-refractivity contribution in [3.63, 3.8) is 0 Å². The standard InChI is InChI=1S/C23H27ClN2O3/c1-28-22-13-18-12-21(27)17(15-26-20(18)14-23(22)29-2)4-3-10-25-11-9-16-5-7-19(24)8-6-16/h5-8,13-15,17,25H,3-4,9-12H2,1-2H3. The summed E-state index contributed by atoms with van der Waals surface area (Å²) in [4.78, 5) is 17.2. The first kappa shape index (κ1) is 21.3. The first-order valence-electron chi connectivity index (χ1n) is 9.87. The van der Waals surface area contributed by atoms with Crippen LogP contribution in [0.3, 0.4) is 0 Å². The zero-order chi connectivity index (χ0) is 20.6. The van der Waals surface area contributed by atoms with Gasteiger partial charge in [-0.15, -0.1) is 0 Å². The van der Waals surface area contributed by atoms with Gasteiger partial charge in [-0.2, -0.15) is 0 Å². The van der Waals surface area contributed by atoms with Crippen LogP contribution in [-0.2, 0) is 17.6 Å². The number of fused-ring (bicyclic) bond motifs is 1. The first-order valence-corrected chi connectivity index (χ1v) is 10.3. The SMILES string of the molecule is COc1cc2c(cc1OC)N=CC(CCCNCCc1ccc(Cl)cc1)C(=O)C2. The molecule has 0 saturated carbocycles. The summed E-state index contributed by atoms with van der Waals surface area (Å²) in [5.41, 5.74) is 2.92. The van der Waals surface area contributed by atoms with E-state index in [9.17, 15) is 4.79 Å². The molecule has 1 heterocycles. The molecule has 1 aliphatic heterocycles. The molecule has 154 valence electrons. The first-order chi connectivity index (χ1) is 14.1. The number of nitrogens with one attached hydrogen (secondary N) is 1. The Morgan fingerprint density at radius 3 is 2.55 bits per heavy atom. The third kappa shape index (κ3) is 5.81. The van der Waals surface area contributed by atoms with Gasteiger partial charge in [0.25, 0.3) is 0 Å². The van der Waals surface area contributed by atoms with Gasteiger partial charge in [-0.1, -0.05) is 23.7 Å². The van der Waals surface area contributed by atoms with Crippen molar-refractivity contribution in [2.24, 2.45) is 10.9 Å². The highest BCUT2D eigenvalue weighted by atomic mass is 35.5. The molecular formula is C23H27ClN2O3. The fraction of sp³-hybridized carbons (Fsp3) is 0.391. The van der Waals surface area contributed by atoms with Gasteiger partial charge in [-0.05, 0) is 61.7 Å². The minimum absolute atomic E-state index is 0.155. The second-order valence-electron chi connectivity index (χ2n) is 7.13. The predicted octanol–water partition coefficient (Wildman–Crippen LogP) is 4.41. The Morgan fingerprint density at radius 1 is 1.10 bits per heavy atom. The number of carbonyl (C=O) groups is 1. The van der Waals surface area contributed by atoms with Crippen molar-refractivity contribution in [3.8, 4) is 11.5 Å². The maximum Gasteiger partial charge on any atom is 0.162 e. The number of ether oxygens (including phenoxy) is 2. The van der Waals surface area contributed by atoms with Crippen LogP contribution >= 0.6 is 11.6 Å². The van der Waals surface area contributed by atoms with Crippen LogP contribution in [0, 0.1) is 5.92 Å². The highest BCUT2D eigenvalue weighted by Gasteiger charge is 2.22. The monoisotopic (exact) mass is 414 g/mol. The van der Waals surface area contributed by atoms with E-state index in [2.05, 4.69) is 10.3 Å². The van der Waals surface area contributed by atoms with E-state index in [0.717, 1.165) is 48.6 Å². The maximum atomic E-state index is 12.7. The minimum atomic E-state index is -0.155. The molecule has 5 nitrogen and oxygen atoms in total. The lowest BCUT2D eigenvalue weighted by Gasteiger charge is -2.11. The molecule has 1 aliphatic rings. The van der Waals surface area contributed by atoms with Crippen LogP contribution in [-0.4, -0.2) is 39.3 Å². The molecule has 1 unspecified atom stereocenters. The van der Waals surface area contributed by atoms with Crippen LogP contribution in [0.15, 0.2) is 41.4 Å². The minimum Gasteiger partial charge on any atom is -0.493 e. The topological polar surface area (TPSA) is 59.9 Å². The van der Waals surface area contributed by atoms with Crippen LogP contribution in [0.4, 0.5) is 5.69 Å². The molecule has 0 bridgehead atoms. The van der Waals surface area contributed by atoms with Crippen molar-refractivity contribution < 1.29 is 14.3 Å². The summed E-state index contributed by atoms with van der Waals surface area (Å²) < 4.78 is 10.7. The molecular weight excluding hydrogens is 388 g/mol. The second-order valence-corrected chi connectivity index (χ2v) is 7.57. The molecule has 0 amide bonds. The van der Waals surface area contributed by atoms with Crippen molar-refractivity contribution in [1.82, 2.24) is 5.32 Å². The Bertz CT molecular complexity index is 865. The van der Waals surface area contributed by atoms with E-state index in [-0.39, 0.29) is 11.7 Å². The van der Waals surface area contributed by atoms with Crippen molar-refractivity contribution in [2.75, 3.05) is 27.3 Å². The summed E-state index contributed by atoms with van der Waals surface area (Å²) in [5, 5.41) is 4.20. The zero-order valence-corrected chi connectivity index (χ0v) is 17.7. The van der Waals surface area contributed by atoms with Gasteiger partial charge in [0.2, 0.25) is 0 Å². The Balaban J connectivity index is 1.47. The Labute approximate surface area is 177 Å². The number of rotatable bonds is 9. The Kier molecular flexibility index (Phi) is 7.67. The molecule has 2 aromatic carbocycles. The van der Waals surface area contributed by atoms with Gasteiger partial charge >= 0.3 is 0 Å².